The van der Waals surface area contributed by atoms with Gasteiger partial charge in [0.25, 0.3) is 0 Å². The molecule has 74 valence electrons. The van der Waals surface area contributed by atoms with Gasteiger partial charge in [-0.2, -0.15) is 0 Å². The molecule has 1 aliphatic heterocycles. The van der Waals surface area contributed by atoms with Crippen molar-refractivity contribution >= 4 is 10.8 Å². The van der Waals surface area contributed by atoms with Gasteiger partial charge in [-0.25, -0.2) is 4.72 Å². The molecule has 1 aliphatic rings. The lowest BCUT2D eigenvalue weighted by Gasteiger charge is -2.33. The first-order chi connectivity index (χ1) is 5.53. The van der Waals surface area contributed by atoms with Crippen molar-refractivity contribution in [2.75, 3.05) is 12.8 Å². The van der Waals surface area contributed by atoms with E-state index in [2.05, 4.69) is 4.72 Å². The van der Waals surface area contributed by atoms with Crippen LogP contribution >= 0.6 is 10.8 Å². The Kier molecular flexibility index (Phi) is 3.37. The fourth-order valence-electron chi connectivity index (χ4n) is 1.35. The van der Waals surface area contributed by atoms with E-state index < -0.39 is 10.8 Å². The van der Waals surface area contributed by atoms with Crippen molar-refractivity contribution in [1.29, 1.82) is 0 Å². The second-order valence-electron chi connectivity index (χ2n) is 3.18. The Labute approximate surface area is 74.8 Å². The third-order valence-corrected chi connectivity index (χ3v) is 3.56. The minimum Gasteiger partial charge on any atom is -0.374 e. The molecule has 0 spiro atoms. The van der Waals surface area contributed by atoms with E-state index in [1.807, 2.05) is 6.92 Å². The summed E-state index contributed by atoms with van der Waals surface area (Å²) >= 11 is 0. The molecule has 0 aliphatic carbocycles. The normalized spacial score (nSPS) is 32.3. The van der Waals surface area contributed by atoms with E-state index in [1.165, 1.54) is 0 Å². The van der Waals surface area contributed by atoms with Gasteiger partial charge in [-0.15, -0.1) is 10.8 Å². The van der Waals surface area contributed by atoms with Crippen molar-refractivity contribution in [3.8, 4) is 0 Å². The van der Waals surface area contributed by atoms with Crippen molar-refractivity contribution in [2.24, 2.45) is 0 Å². The van der Waals surface area contributed by atoms with Crippen LogP contribution in [-0.4, -0.2) is 34.1 Å². The molecule has 0 radical (unpaired) electrons. The topological polar surface area (TPSA) is 61.7 Å². The summed E-state index contributed by atoms with van der Waals surface area (Å²) in [5.74, 6) is 0.313. The van der Waals surface area contributed by atoms with E-state index in [0.29, 0.717) is 5.75 Å². The van der Waals surface area contributed by atoms with Crippen LogP contribution < -0.4 is 4.72 Å². The molecular weight excluding hydrogens is 178 g/mol. The van der Waals surface area contributed by atoms with Crippen LogP contribution in [0, 0.1) is 0 Å². The van der Waals surface area contributed by atoms with Gasteiger partial charge in [0.1, 0.15) is 0 Å². The highest BCUT2D eigenvalue weighted by molar-refractivity contribution is 8.22. The first-order valence-electron chi connectivity index (χ1n) is 4.13. The van der Waals surface area contributed by atoms with Crippen molar-refractivity contribution in [3.63, 3.8) is 0 Å². The summed E-state index contributed by atoms with van der Waals surface area (Å²) in [6, 6.07) is 0. The van der Waals surface area contributed by atoms with Crippen LogP contribution in [0.15, 0.2) is 0 Å². The lowest BCUT2D eigenvalue weighted by Crippen LogP contribution is -2.26. The molecule has 4 nitrogen and oxygen atoms in total. The van der Waals surface area contributed by atoms with Gasteiger partial charge in [-0.05, 0) is 19.8 Å². The molecule has 0 bridgehead atoms. The van der Waals surface area contributed by atoms with E-state index >= 15 is 0 Å². The molecule has 5 heteroatoms. The van der Waals surface area contributed by atoms with Gasteiger partial charge < -0.3 is 4.74 Å². The average molecular weight is 195 g/mol. The highest BCUT2D eigenvalue weighted by Gasteiger charge is 2.26. The first-order valence-corrected chi connectivity index (χ1v) is 5.85. The van der Waals surface area contributed by atoms with Gasteiger partial charge in [-0.3, -0.25) is 9.11 Å². The summed E-state index contributed by atoms with van der Waals surface area (Å²) in [5, 5.41) is 0. The molecule has 1 rings (SSSR count). The zero-order chi connectivity index (χ0) is 9.19. The third kappa shape index (κ3) is 2.91. The van der Waals surface area contributed by atoms with Gasteiger partial charge in [0.2, 0.25) is 0 Å². The number of hydrogen-bond donors (Lipinski definition) is 3. The molecule has 1 heterocycles. The van der Waals surface area contributed by atoms with Gasteiger partial charge >= 0.3 is 0 Å². The van der Waals surface area contributed by atoms with Gasteiger partial charge in [0, 0.05) is 7.05 Å². The summed E-state index contributed by atoms with van der Waals surface area (Å²) in [6.07, 6.45) is 2.22. The number of rotatable bonds is 3. The van der Waals surface area contributed by atoms with Crippen LogP contribution in [0.25, 0.3) is 0 Å². The van der Waals surface area contributed by atoms with Crippen LogP contribution in [0.2, 0.25) is 0 Å². The van der Waals surface area contributed by atoms with Crippen LogP contribution in [0.1, 0.15) is 19.8 Å². The maximum absolute atomic E-state index is 9.32. The monoisotopic (exact) mass is 195 g/mol. The van der Waals surface area contributed by atoms with Crippen LogP contribution in [-0.2, 0) is 4.74 Å². The molecular formula is C7H17NO3S. The Morgan fingerprint density at radius 1 is 1.50 bits per heavy atom. The van der Waals surface area contributed by atoms with Crippen molar-refractivity contribution in [3.05, 3.63) is 0 Å². The summed E-state index contributed by atoms with van der Waals surface area (Å²) in [5.41, 5.74) is 0. The van der Waals surface area contributed by atoms with Gasteiger partial charge in [0.05, 0.1) is 18.0 Å². The van der Waals surface area contributed by atoms with Crippen molar-refractivity contribution in [2.45, 2.75) is 32.0 Å². The Bertz CT molecular complexity index is 154. The summed E-state index contributed by atoms with van der Waals surface area (Å²) in [6.45, 7) is 2.01. The summed E-state index contributed by atoms with van der Waals surface area (Å²) in [4.78, 5) is 0. The average Bonchev–Trinajstić information content (AvgIpc) is 2.35. The fraction of sp³-hybridized carbons (Fsp3) is 1.00. The van der Waals surface area contributed by atoms with Crippen molar-refractivity contribution < 1.29 is 13.8 Å². The molecule has 12 heavy (non-hydrogen) atoms. The Morgan fingerprint density at radius 3 is 2.58 bits per heavy atom. The largest absolute Gasteiger partial charge is 0.374 e. The Hall–Kier alpha value is 0.190. The zero-order valence-corrected chi connectivity index (χ0v) is 8.30. The molecule has 0 aromatic carbocycles. The molecule has 3 N–H and O–H groups in total. The molecule has 2 unspecified atom stereocenters. The number of hydrogen-bond acceptors (Lipinski definition) is 4. The van der Waals surface area contributed by atoms with Crippen LogP contribution in [0.3, 0.4) is 0 Å². The maximum atomic E-state index is 9.32. The lowest BCUT2D eigenvalue weighted by atomic mass is 10.2. The van der Waals surface area contributed by atoms with Gasteiger partial charge in [0.15, 0.2) is 0 Å². The van der Waals surface area contributed by atoms with E-state index in [1.54, 1.807) is 7.05 Å². The quantitative estimate of drug-likeness (QED) is 0.637. The van der Waals surface area contributed by atoms with E-state index in [9.17, 15) is 9.11 Å². The minimum absolute atomic E-state index is 0.0115. The highest BCUT2D eigenvalue weighted by Crippen LogP contribution is 2.36. The van der Waals surface area contributed by atoms with E-state index in [4.69, 9.17) is 4.74 Å². The third-order valence-electron chi connectivity index (χ3n) is 2.07. The number of nitrogens with one attached hydrogen (secondary N) is 1. The van der Waals surface area contributed by atoms with Crippen LogP contribution in [0.5, 0.6) is 0 Å². The molecule has 2 atom stereocenters. The summed E-state index contributed by atoms with van der Waals surface area (Å²) < 4.78 is 26.6. The predicted octanol–water partition coefficient (Wildman–Crippen LogP) is 1.44. The zero-order valence-electron chi connectivity index (χ0n) is 7.49. The molecule has 0 aromatic heterocycles. The second-order valence-corrected chi connectivity index (χ2v) is 5.26. The minimum atomic E-state index is -2.60. The Balaban J connectivity index is 2.32. The predicted molar refractivity (Wildman–Crippen MR) is 50.3 cm³/mol. The maximum Gasteiger partial charge on any atom is 0.0790 e. The fourth-order valence-corrected chi connectivity index (χ4v) is 2.28. The summed E-state index contributed by atoms with van der Waals surface area (Å²) in [7, 11) is -1.05. The molecule has 1 fully saturated rings. The highest BCUT2D eigenvalue weighted by atomic mass is 32.3. The lowest BCUT2D eigenvalue weighted by molar-refractivity contribution is 0.0678. The second kappa shape index (κ2) is 3.93. The van der Waals surface area contributed by atoms with E-state index in [-0.39, 0.29) is 12.2 Å². The molecule has 0 aromatic rings. The first kappa shape index (κ1) is 10.3. The number of ether oxygens (including phenoxy) is 1. The SMILES string of the molecule is CNS(O)(O)CC1CCC(C)O1. The van der Waals surface area contributed by atoms with E-state index in [0.717, 1.165) is 12.8 Å². The molecule has 0 saturated carbocycles. The van der Waals surface area contributed by atoms with Gasteiger partial charge in [-0.1, -0.05) is 0 Å². The molecule has 0 amide bonds. The Morgan fingerprint density at radius 2 is 2.17 bits per heavy atom. The van der Waals surface area contributed by atoms with Crippen molar-refractivity contribution in [1.82, 2.24) is 4.72 Å². The molecule has 1 saturated heterocycles. The standard InChI is InChI=1S/C7H17NO3S/c1-6-3-4-7(11-6)5-12(9,10)8-2/h6-10H,3-5H2,1-2H3. The van der Waals surface area contributed by atoms with Crippen LogP contribution in [0.4, 0.5) is 0 Å². The smallest absolute Gasteiger partial charge is 0.0790 e.